The first-order valence-corrected chi connectivity index (χ1v) is 8.59. The number of nitrogens with zero attached hydrogens (tertiary/aromatic N) is 3. The van der Waals surface area contributed by atoms with Gasteiger partial charge in [0.15, 0.2) is 0 Å². The van der Waals surface area contributed by atoms with Crippen molar-refractivity contribution in [2.24, 2.45) is 0 Å². The number of rotatable bonds is 5. The van der Waals surface area contributed by atoms with Gasteiger partial charge in [-0.05, 0) is 29.8 Å². The molecule has 4 rings (SSSR count). The van der Waals surface area contributed by atoms with Crippen LogP contribution in [0.2, 0.25) is 0 Å². The third kappa shape index (κ3) is 3.11. The van der Waals surface area contributed by atoms with E-state index in [0.717, 1.165) is 11.1 Å². The van der Waals surface area contributed by atoms with E-state index in [1.807, 2.05) is 26.2 Å². The van der Waals surface area contributed by atoms with Gasteiger partial charge in [0.05, 0.1) is 6.04 Å². The second-order valence-corrected chi connectivity index (χ2v) is 6.43. The molecule has 2 aromatic heterocycles. The molecule has 0 bridgehead atoms. The molecule has 4 aromatic rings. The lowest BCUT2D eigenvalue weighted by atomic mass is 9.98. The van der Waals surface area contributed by atoms with Crippen molar-refractivity contribution in [3.05, 3.63) is 84.3 Å². The van der Waals surface area contributed by atoms with E-state index < -0.39 is 0 Å². The van der Waals surface area contributed by atoms with Gasteiger partial charge in [-0.1, -0.05) is 30.3 Å². The highest BCUT2D eigenvalue weighted by molar-refractivity contribution is 5.84. The minimum Gasteiger partial charge on any atom is -0.378 e. The number of aromatic amines is 1. The van der Waals surface area contributed by atoms with E-state index in [0.29, 0.717) is 5.95 Å². The quantitative estimate of drug-likeness (QED) is 0.569. The summed E-state index contributed by atoms with van der Waals surface area (Å²) >= 11 is 0. The van der Waals surface area contributed by atoms with E-state index in [4.69, 9.17) is 0 Å². The van der Waals surface area contributed by atoms with Crippen LogP contribution in [0.25, 0.3) is 10.9 Å². The smallest absolute Gasteiger partial charge is 0.223 e. The summed E-state index contributed by atoms with van der Waals surface area (Å²) in [4.78, 5) is 14.1. The average molecular weight is 343 g/mol. The van der Waals surface area contributed by atoms with Gasteiger partial charge in [0, 0.05) is 54.8 Å². The van der Waals surface area contributed by atoms with Crippen LogP contribution in [0.4, 0.5) is 11.6 Å². The van der Waals surface area contributed by atoms with Crippen molar-refractivity contribution >= 4 is 22.5 Å². The Morgan fingerprint density at radius 2 is 1.65 bits per heavy atom. The minimum absolute atomic E-state index is 0.0511. The zero-order valence-electron chi connectivity index (χ0n) is 14.8. The second kappa shape index (κ2) is 6.88. The van der Waals surface area contributed by atoms with Crippen molar-refractivity contribution in [1.82, 2.24) is 15.0 Å². The Labute approximate surface area is 152 Å². The van der Waals surface area contributed by atoms with E-state index in [9.17, 15) is 0 Å². The molecule has 0 spiro atoms. The van der Waals surface area contributed by atoms with E-state index in [1.54, 1.807) is 12.4 Å². The molecular formula is C21H21N5. The summed E-state index contributed by atoms with van der Waals surface area (Å²) in [5, 5.41) is 4.67. The first kappa shape index (κ1) is 16.1. The first-order valence-electron chi connectivity index (χ1n) is 8.59. The first-order chi connectivity index (χ1) is 12.7. The molecule has 0 aliphatic heterocycles. The number of hydrogen-bond acceptors (Lipinski definition) is 4. The number of H-pyrrole nitrogens is 1. The third-order valence-electron chi connectivity index (χ3n) is 4.51. The summed E-state index contributed by atoms with van der Waals surface area (Å²) in [5.41, 5.74) is 4.62. The molecule has 26 heavy (non-hydrogen) atoms. The molecule has 2 N–H and O–H groups in total. The molecular weight excluding hydrogens is 322 g/mol. The van der Waals surface area contributed by atoms with Crippen LogP contribution >= 0.6 is 0 Å². The highest BCUT2D eigenvalue weighted by atomic mass is 15.1. The van der Waals surface area contributed by atoms with E-state index in [1.165, 1.54) is 16.6 Å². The average Bonchev–Trinajstić information content (AvgIpc) is 3.11. The van der Waals surface area contributed by atoms with Crippen LogP contribution in [0.5, 0.6) is 0 Å². The van der Waals surface area contributed by atoms with E-state index in [-0.39, 0.29) is 6.04 Å². The fourth-order valence-corrected chi connectivity index (χ4v) is 3.14. The van der Waals surface area contributed by atoms with E-state index >= 15 is 0 Å². The number of hydrogen-bond donors (Lipinski definition) is 2. The zero-order valence-corrected chi connectivity index (χ0v) is 14.8. The molecule has 0 saturated heterocycles. The predicted octanol–water partition coefficient (Wildman–Crippen LogP) is 4.23. The highest BCUT2D eigenvalue weighted by Gasteiger charge is 2.19. The highest BCUT2D eigenvalue weighted by Crippen LogP contribution is 2.32. The Hall–Kier alpha value is -3.34. The third-order valence-corrected chi connectivity index (χ3v) is 4.51. The summed E-state index contributed by atoms with van der Waals surface area (Å²) in [6.07, 6.45) is 5.55. The number of nitrogens with one attached hydrogen (secondary N) is 2. The van der Waals surface area contributed by atoms with Gasteiger partial charge < -0.3 is 15.2 Å². The zero-order chi connectivity index (χ0) is 17.9. The van der Waals surface area contributed by atoms with Gasteiger partial charge in [0.2, 0.25) is 5.95 Å². The maximum atomic E-state index is 4.34. The number of anilines is 2. The molecule has 0 saturated carbocycles. The lowest BCUT2D eigenvalue weighted by Gasteiger charge is -2.20. The van der Waals surface area contributed by atoms with Crippen LogP contribution in [0, 0.1) is 0 Å². The Balaban J connectivity index is 1.79. The van der Waals surface area contributed by atoms with Crippen molar-refractivity contribution in [3.8, 4) is 0 Å². The number of benzene rings is 2. The lowest BCUT2D eigenvalue weighted by molar-refractivity contribution is 0.915. The maximum Gasteiger partial charge on any atom is 0.223 e. The van der Waals surface area contributed by atoms with Crippen molar-refractivity contribution in [2.75, 3.05) is 24.3 Å². The Bertz CT molecular complexity index is 990. The van der Waals surface area contributed by atoms with Gasteiger partial charge in [0.1, 0.15) is 0 Å². The van der Waals surface area contributed by atoms with Crippen molar-refractivity contribution in [2.45, 2.75) is 6.04 Å². The summed E-state index contributed by atoms with van der Waals surface area (Å²) in [5.74, 6) is 0.611. The topological polar surface area (TPSA) is 56.8 Å². The molecule has 0 amide bonds. The molecule has 2 aromatic carbocycles. The van der Waals surface area contributed by atoms with Crippen LogP contribution in [-0.2, 0) is 0 Å². The summed E-state index contributed by atoms with van der Waals surface area (Å²) in [7, 11) is 4.09. The Morgan fingerprint density at radius 3 is 2.38 bits per heavy atom. The number of fused-ring (bicyclic) bond motifs is 1. The molecule has 0 fully saturated rings. The van der Waals surface area contributed by atoms with Crippen molar-refractivity contribution < 1.29 is 0 Å². The molecule has 2 heterocycles. The van der Waals surface area contributed by atoms with Gasteiger partial charge in [-0.25, -0.2) is 9.97 Å². The summed E-state index contributed by atoms with van der Waals surface area (Å²) in [6.45, 7) is 0. The molecule has 1 atom stereocenters. The predicted molar refractivity (Wildman–Crippen MR) is 107 cm³/mol. The monoisotopic (exact) mass is 343 g/mol. The SMILES string of the molecule is CN(C)c1ccc(C(Nc2ncccn2)c2c[nH]c3ccccc23)cc1. The maximum absolute atomic E-state index is 4.34. The largest absolute Gasteiger partial charge is 0.378 e. The fourth-order valence-electron chi connectivity index (χ4n) is 3.14. The normalized spacial score (nSPS) is 12.1. The van der Waals surface area contributed by atoms with Gasteiger partial charge in [-0.3, -0.25) is 0 Å². The lowest BCUT2D eigenvalue weighted by Crippen LogP contribution is -2.14. The summed E-state index contributed by atoms with van der Waals surface area (Å²) in [6, 6.07) is 18.6. The summed E-state index contributed by atoms with van der Waals surface area (Å²) < 4.78 is 0. The van der Waals surface area contributed by atoms with Crippen LogP contribution < -0.4 is 10.2 Å². The van der Waals surface area contributed by atoms with Crippen LogP contribution in [-0.4, -0.2) is 29.0 Å². The number of para-hydroxylation sites is 1. The molecule has 5 nitrogen and oxygen atoms in total. The van der Waals surface area contributed by atoms with Gasteiger partial charge >= 0.3 is 0 Å². The second-order valence-electron chi connectivity index (χ2n) is 6.43. The van der Waals surface area contributed by atoms with Crippen LogP contribution in [0.15, 0.2) is 73.2 Å². The molecule has 5 heteroatoms. The van der Waals surface area contributed by atoms with Crippen LogP contribution in [0.1, 0.15) is 17.2 Å². The number of aromatic nitrogens is 3. The Morgan fingerprint density at radius 1 is 0.923 bits per heavy atom. The van der Waals surface area contributed by atoms with E-state index in [2.05, 4.69) is 73.8 Å². The molecule has 0 radical (unpaired) electrons. The molecule has 0 aliphatic rings. The fraction of sp³-hybridized carbons (Fsp3) is 0.143. The van der Waals surface area contributed by atoms with Crippen molar-refractivity contribution in [1.29, 1.82) is 0 Å². The minimum atomic E-state index is -0.0511. The molecule has 130 valence electrons. The molecule has 0 aliphatic carbocycles. The van der Waals surface area contributed by atoms with Gasteiger partial charge in [-0.2, -0.15) is 0 Å². The molecule has 1 unspecified atom stereocenters. The van der Waals surface area contributed by atoms with Crippen LogP contribution in [0.3, 0.4) is 0 Å². The standard InChI is InChI=1S/C21H21N5/c1-26(2)16-10-8-15(9-11-16)20(25-21-22-12-5-13-23-21)18-14-24-19-7-4-3-6-17(18)19/h3-14,20,24H,1-2H3,(H,22,23,25). The van der Waals surface area contributed by atoms with Gasteiger partial charge in [0.25, 0.3) is 0 Å². The Kier molecular flexibility index (Phi) is 4.27. The van der Waals surface area contributed by atoms with Crippen molar-refractivity contribution in [3.63, 3.8) is 0 Å². The van der Waals surface area contributed by atoms with Gasteiger partial charge in [-0.15, -0.1) is 0 Å².